The molecule has 2 rings (SSSR count). The van der Waals surface area contributed by atoms with Crippen molar-refractivity contribution in [1.29, 1.82) is 0 Å². The molecule has 31 heavy (non-hydrogen) atoms. The lowest BCUT2D eigenvalue weighted by Gasteiger charge is -2.21. The summed E-state index contributed by atoms with van der Waals surface area (Å²) in [5, 5.41) is 5.66. The van der Waals surface area contributed by atoms with Crippen molar-refractivity contribution >= 4 is 23.9 Å². The normalized spacial score (nSPS) is 18.1. The topological polar surface area (TPSA) is 98.8 Å². The van der Waals surface area contributed by atoms with Crippen LogP contribution in [0.15, 0.2) is 24.3 Å². The third-order valence-electron chi connectivity index (χ3n) is 5.56. The van der Waals surface area contributed by atoms with E-state index in [-0.39, 0.29) is 26.7 Å². The van der Waals surface area contributed by atoms with E-state index in [4.69, 9.17) is 0 Å². The minimum absolute atomic E-state index is 0. The zero-order chi connectivity index (χ0) is 22.5. The number of carbonyl (C=O) groups excluding carboxylic acids is 4. The summed E-state index contributed by atoms with van der Waals surface area (Å²) >= 11 is 0. The summed E-state index contributed by atoms with van der Waals surface area (Å²) in [7, 11) is 0. The first-order chi connectivity index (χ1) is 15.0. The van der Waals surface area contributed by atoms with E-state index in [1.165, 1.54) is 9.80 Å². The van der Waals surface area contributed by atoms with Crippen LogP contribution in [0.4, 0.5) is 9.59 Å². The van der Waals surface area contributed by atoms with Crippen molar-refractivity contribution in [2.45, 2.75) is 70.6 Å². The second kappa shape index (κ2) is 13.6. The molecule has 0 aromatic carbocycles. The van der Waals surface area contributed by atoms with Crippen LogP contribution in [0.2, 0.25) is 0 Å². The van der Waals surface area contributed by atoms with Gasteiger partial charge in [-0.3, -0.25) is 19.4 Å². The minimum atomic E-state index is -0.339. The molecule has 2 N–H and O–H groups in total. The third-order valence-corrected chi connectivity index (χ3v) is 5.56. The van der Waals surface area contributed by atoms with Gasteiger partial charge in [0.2, 0.25) is 11.8 Å². The number of hydrogen-bond acceptors (Lipinski definition) is 4. The Kier molecular flexibility index (Phi) is 10.8. The molecule has 6 amide bonds. The molecule has 1 fully saturated rings. The molecule has 0 saturated carbocycles. The van der Waals surface area contributed by atoms with Crippen LogP contribution in [-0.2, 0) is 9.59 Å². The summed E-state index contributed by atoms with van der Waals surface area (Å²) in [6.45, 7) is 5.84. The van der Waals surface area contributed by atoms with Gasteiger partial charge in [-0.05, 0) is 38.5 Å². The summed E-state index contributed by atoms with van der Waals surface area (Å²) in [6.07, 6.45) is 12.0. The summed E-state index contributed by atoms with van der Waals surface area (Å²) in [5.74, 6) is -0.240. The molecular weight excluding hydrogens is 396 g/mol. The molecule has 0 aliphatic carbocycles. The number of urea groups is 2. The van der Waals surface area contributed by atoms with Gasteiger partial charge in [0.25, 0.3) is 0 Å². The molecule has 2 aliphatic heterocycles. The van der Waals surface area contributed by atoms with E-state index in [2.05, 4.69) is 17.2 Å². The van der Waals surface area contributed by atoms with E-state index in [1.807, 2.05) is 12.2 Å². The fourth-order valence-corrected chi connectivity index (χ4v) is 3.65. The molecular formula is C23H40N4O4. The molecule has 8 nitrogen and oxygen atoms in total. The van der Waals surface area contributed by atoms with Crippen molar-refractivity contribution in [3.8, 4) is 0 Å². The van der Waals surface area contributed by atoms with Crippen LogP contribution in [0.25, 0.3) is 0 Å². The van der Waals surface area contributed by atoms with Gasteiger partial charge < -0.3 is 10.6 Å². The van der Waals surface area contributed by atoms with Crippen molar-refractivity contribution in [1.82, 2.24) is 20.4 Å². The van der Waals surface area contributed by atoms with Crippen molar-refractivity contribution in [3.05, 3.63) is 24.3 Å². The molecule has 0 aromatic heterocycles. The molecule has 0 unspecified atom stereocenters. The van der Waals surface area contributed by atoms with E-state index in [1.54, 1.807) is 0 Å². The molecule has 1 saturated heterocycles. The second-order valence-corrected chi connectivity index (χ2v) is 8.13. The highest BCUT2D eigenvalue weighted by atomic mass is 16.2. The first-order valence-electron chi connectivity index (χ1n) is 11.5. The van der Waals surface area contributed by atoms with Gasteiger partial charge in [-0.2, -0.15) is 0 Å². The maximum Gasteiger partial charge on any atom is 0.324 e. The van der Waals surface area contributed by atoms with Gasteiger partial charge in [-0.25, -0.2) is 9.59 Å². The van der Waals surface area contributed by atoms with Crippen LogP contribution in [0.1, 0.15) is 73.5 Å². The Morgan fingerprint density at radius 1 is 0.839 bits per heavy atom. The predicted octanol–water partition coefficient (Wildman–Crippen LogP) is 3.99. The lowest BCUT2D eigenvalue weighted by atomic mass is 10.2. The number of imide groups is 2. The first kappa shape index (κ1) is 24.6. The largest absolute Gasteiger partial charge is 0.338 e. The molecule has 2 heterocycles. The maximum absolute atomic E-state index is 12.4. The van der Waals surface area contributed by atoms with E-state index in [0.717, 1.165) is 50.5 Å². The van der Waals surface area contributed by atoms with Gasteiger partial charge in [0.05, 0.1) is 0 Å². The third kappa shape index (κ3) is 8.94. The van der Waals surface area contributed by atoms with Gasteiger partial charge in [-0.15, -0.1) is 0 Å². The summed E-state index contributed by atoms with van der Waals surface area (Å²) in [6, 6.07) is -0.625. The van der Waals surface area contributed by atoms with E-state index in [9.17, 15) is 19.2 Å². The quantitative estimate of drug-likeness (QED) is 0.590. The summed E-state index contributed by atoms with van der Waals surface area (Å²) in [5.41, 5.74) is 0.916. The molecule has 176 valence electrons. The highest BCUT2D eigenvalue weighted by Crippen LogP contribution is 2.12. The molecule has 0 aromatic rings. The van der Waals surface area contributed by atoms with E-state index >= 15 is 0 Å². The monoisotopic (exact) mass is 436 g/mol. The van der Waals surface area contributed by atoms with E-state index < -0.39 is 0 Å². The van der Waals surface area contributed by atoms with Gasteiger partial charge >= 0.3 is 12.1 Å². The van der Waals surface area contributed by atoms with Gasteiger partial charge in [0.15, 0.2) is 0 Å². The number of nitrogens with zero attached hydrogens (tertiary/aromatic N) is 2. The smallest absolute Gasteiger partial charge is 0.324 e. The number of allylic oxidation sites excluding steroid dienone is 2. The molecule has 0 atom stereocenters. The molecule has 0 spiro atoms. The Balaban J connectivity index is 0.00000512. The molecule has 0 bridgehead atoms. The van der Waals surface area contributed by atoms with Crippen LogP contribution in [0.5, 0.6) is 0 Å². The van der Waals surface area contributed by atoms with Gasteiger partial charge in [0.1, 0.15) is 0 Å². The van der Waals surface area contributed by atoms with Crippen molar-refractivity contribution in [2.24, 2.45) is 0 Å². The van der Waals surface area contributed by atoms with Crippen LogP contribution < -0.4 is 10.6 Å². The fourth-order valence-electron chi connectivity index (χ4n) is 3.65. The van der Waals surface area contributed by atoms with Crippen LogP contribution in [-0.4, -0.2) is 59.9 Å². The van der Waals surface area contributed by atoms with Crippen LogP contribution in [0.3, 0.4) is 0 Å². The Bertz CT molecular complexity index is 700. The standard InChI is InChI=1S/C23H36N4O4.2H2/c1-19-11-6-7-13-21(29)27(18-14-19)23(31)25-16-9-3-2-8-15-24-22(30)26-17-10-4-5-12-20(26)28;;/h6,11H,1-5,7-10,12-18H2,(H,24,30)(H,25,31);2*1H. The Labute approximate surface area is 188 Å². The van der Waals surface area contributed by atoms with Crippen molar-refractivity contribution < 1.29 is 22.0 Å². The first-order valence-corrected chi connectivity index (χ1v) is 11.5. The molecule has 8 heteroatoms. The Morgan fingerprint density at radius 3 is 2.13 bits per heavy atom. The predicted molar refractivity (Wildman–Crippen MR) is 124 cm³/mol. The number of amides is 6. The second-order valence-electron chi connectivity index (χ2n) is 8.13. The van der Waals surface area contributed by atoms with Crippen molar-refractivity contribution in [2.75, 3.05) is 26.2 Å². The molecule has 0 radical (unpaired) electrons. The average Bonchev–Trinajstić information content (AvgIpc) is 2.92. The number of likely N-dealkylation sites (tertiary alicyclic amines) is 1. The zero-order valence-corrected chi connectivity index (χ0v) is 18.5. The lowest BCUT2D eigenvalue weighted by molar-refractivity contribution is -0.128. The maximum atomic E-state index is 12.4. The molecule has 2 aliphatic rings. The summed E-state index contributed by atoms with van der Waals surface area (Å²) in [4.78, 5) is 51.3. The van der Waals surface area contributed by atoms with Gasteiger partial charge in [-0.1, -0.05) is 43.6 Å². The summed E-state index contributed by atoms with van der Waals surface area (Å²) < 4.78 is 0. The highest BCUT2D eigenvalue weighted by molar-refractivity contribution is 5.95. The number of carbonyl (C=O) groups is 4. The van der Waals surface area contributed by atoms with Crippen LogP contribution >= 0.6 is 0 Å². The average molecular weight is 437 g/mol. The fraction of sp³-hybridized carbons (Fsp3) is 0.652. The zero-order valence-electron chi connectivity index (χ0n) is 18.5. The number of hydrogen-bond donors (Lipinski definition) is 2. The van der Waals surface area contributed by atoms with Gasteiger partial charge in [0, 0.05) is 41.9 Å². The minimum Gasteiger partial charge on any atom is -0.338 e. The number of unbranched alkanes of at least 4 members (excludes halogenated alkanes) is 3. The number of rotatable bonds is 7. The van der Waals surface area contributed by atoms with Crippen molar-refractivity contribution in [3.63, 3.8) is 0 Å². The number of nitrogens with one attached hydrogen (secondary N) is 2. The Morgan fingerprint density at radius 2 is 1.45 bits per heavy atom. The highest BCUT2D eigenvalue weighted by Gasteiger charge is 2.23. The van der Waals surface area contributed by atoms with Crippen LogP contribution in [0, 0.1) is 0 Å². The van der Waals surface area contributed by atoms with E-state index in [0.29, 0.717) is 51.9 Å². The Hall–Kier alpha value is -2.64. The lowest BCUT2D eigenvalue weighted by Crippen LogP contribution is -2.44. The SMILES string of the molecule is C=C1C=CCCC(=O)N(C(=O)NCCCCCCNC(=O)N2CCCCCC2=O)CC1.[HH].[HH].